The van der Waals surface area contributed by atoms with E-state index < -0.39 is 11.9 Å². The van der Waals surface area contributed by atoms with Gasteiger partial charge in [0.1, 0.15) is 5.82 Å². The van der Waals surface area contributed by atoms with Gasteiger partial charge in [-0.15, -0.1) is 0 Å². The van der Waals surface area contributed by atoms with Crippen LogP contribution in [0.4, 0.5) is 36.3 Å². The quantitative estimate of drug-likeness (QED) is 0.620. The Morgan fingerprint density at radius 1 is 1.11 bits per heavy atom. The Labute approximate surface area is 160 Å². The summed E-state index contributed by atoms with van der Waals surface area (Å²) in [5, 5.41) is 14.4. The van der Waals surface area contributed by atoms with Crippen LogP contribution < -0.4 is 15.5 Å². The van der Waals surface area contributed by atoms with Gasteiger partial charge in [0.2, 0.25) is 5.95 Å². The molecule has 0 atom stereocenters. The summed E-state index contributed by atoms with van der Waals surface area (Å²) in [7, 11) is 0. The smallest absolute Gasteiger partial charge is 0.396 e. The number of hydrogen-bond donors (Lipinski definition) is 3. The molecular weight excluding hydrogens is 375 g/mol. The number of benzene rings is 1. The van der Waals surface area contributed by atoms with Crippen LogP contribution in [0, 0.1) is 0 Å². The third kappa shape index (κ3) is 5.46. The van der Waals surface area contributed by atoms with Gasteiger partial charge >= 0.3 is 6.18 Å². The third-order valence-electron chi connectivity index (χ3n) is 4.15. The number of hydrogen-bond acceptors (Lipinski definition) is 7. The summed E-state index contributed by atoms with van der Waals surface area (Å²) in [6, 6.07) is 8.25. The molecule has 2 heterocycles. The summed E-state index contributed by atoms with van der Waals surface area (Å²) in [4.78, 5) is 9.77. The van der Waals surface area contributed by atoms with E-state index in [-0.39, 0.29) is 24.9 Å². The molecule has 0 amide bonds. The number of aromatic nitrogens is 2. The Hall–Kier alpha value is -2.59. The zero-order valence-electron chi connectivity index (χ0n) is 15.2. The highest BCUT2D eigenvalue weighted by Gasteiger charge is 2.33. The van der Waals surface area contributed by atoms with Crippen molar-refractivity contribution >= 4 is 23.1 Å². The van der Waals surface area contributed by atoms with E-state index in [4.69, 9.17) is 9.84 Å². The predicted octanol–water partition coefficient (Wildman–Crippen LogP) is 2.87. The Balaban J connectivity index is 1.75. The number of nitrogens with zero attached hydrogens (tertiary/aromatic N) is 3. The minimum Gasteiger partial charge on any atom is -0.396 e. The fourth-order valence-corrected chi connectivity index (χ4v) is 2.74. The lowest BCUT2D eigenvalue weighted by Gasteiger charge is -2.28. The van der Waals surface area contributed by atoms with Crippen molar-refractivity contribution < 1.29 is 23.0 Å². The Morgan fingerprint density at radius 2 is 1.82 bits per heavy atom. The molecule has 1 saturated heterocycles. The lowest BCUT2D eigenvalue weighted by molar-refractivity contribution is -0.141. The Kier molecular flexibility index (Phi) is 6.53. The van der Waals surface area contributed by atoms with Crippen LogP contribution in [0.3, 0.4) is 0 Å². The van der Waals surface area contributed by atoms with Crippen molar-refractivity contribution in [1.82, 2.24) is 9.97 Å². The molecule has 1 aromatic heterocycles. The van der Waals surface area contributed by atoms with E-state index in [2.05, 4.69) is 25.5 Å². The van der Waals surface area contributed by atoms with Gasteiger partial charge in [0.05, 0.1) is 13.2 Å². The van der Waals surface area contributed by atoms with E-state index in [1.165, 1.54) is 0 Å². The van der Waals surface area contributed by atoms with Crippen molar-refractivity contribution in [2.75, 3.05) is 55.0 Å². The number of alkyl halides is 3. The van der Waals surface area contributed by atoms with E-state index in [0.29, 0.717) is 25.3 Å². The number of morpholine rings is 1. The van der Waals surface area contributed by atoms with Crippen LogP contribution in [0.1, 0.15) is 12.1 Å². The van der Waals surface area contributed by atoms with Crippen molar-refractivity contribution in [2.45, 2.75) is 12.6 Å². The predicted molar refractivity (Wildman–Crippen MR) is 100.0 cm³/mol. The molecule has 3 rings (SSSR count). The molecule has 0 aliphatic carbocycles. The van der Waals surface area contributed by atoms with Crippen LogP contribution in [0.2, 0.25) is 0 Å². The number of ether oxygens (including phenoxy) is 1. The Morgan fingerprint density at radius 3 is 2.46 bits per heavy atom. The largest absolute Gasteiger partial charge is 0.433 e. The number of aliphatic hydroxyl groups is 1. The zero-order valence-corrected chi connectivity index (χ0v) is 15.2. The lowest BCUT2D eigenvalue weighted by atomic mass is 10.2. The third-order valence-corrected chi connectivity index (χ3v) is 4.15. The van der Waals surface area contributed by atoms with Gasteiger partial charge in [0.15, 0.2) is 5.69 Å². The van der Waals surface area contributed by atoms with Crippen molar-refractivity contribution in [3.63, 3.8) is 0 Å². The second-order valence-electron chi connectivity index (χ2n) is 6.24. The number of rotatable bonds is 7. The van der Waals surface area contributed by atoms with E-state index in [0.717, 1.165) is 24.8 Å². The summed E-state index contributed by atoms with van der Waals surface area (Å²) in [6.45, 7) is 3.14. The molecule has 3 N–H and O–H groups in total. The average molecular weight is 397 g/mol. The zero-order chi connectivity index (χ0) is 20.0. The molecule has 152 valence electrons. The molecule has 0 bridgehead atoms. The standard InChI is InChI=1S/C18H22F3N5O2/c19-18(20,21)15-12-16(25-17(24-15)22-6-1-9-27)23-13-2-4-14(5-3-13)26-7-10-28-11-8-26/h2-5,12,27H,1,6-11H2,(H2,22,23,24,25). The molecular formula is C18H22F3N5O2. The van der Waals surface area contributed by atoms with Crippen molar-refractivity contribution in [3.05, 3.63) is 36.0 Å². The van der Waals surface area contributed by atoms with Crippen LogP contribution in [-0.4, -0.2) is 54.5 Å². The van der Waals surface area contributed by atoms with Crippen LogP contribution in [0.25, 0.3) is 0 Å². The second-order valence-corrected chi connectivity index (χ2v) is 6.24. The molecule has 0 radical (unpaired) electrons. The summed E-state index contributed by atoms with van der Waals surface area (Å²) in [6.07, 6.45) is -4.21. The van der Waals surface area contributed by atoms with E-state index in [9.17, 15) is 13.2 Å². The first kappa shape index (κ1) is 20.2. The summed E-state index contributed by atoms with van der Waals surface area (Å²) >= 11 is 0. The van der Waals surface area contributed by atoms with E-state index in [1.54, 1.807) is 12.1 Å². The molecule has 0 unspecified atom stereocenters. The minimum absolute atomic E-state index is 0.0351. The van der Waals surface area contributed by atoms with E-state index in [1.807, 2.05) is 12.1 Å². The highest BCUT2D eigenvalue weighted by atomic mass is 19.4. The maximum atomic E-state index is 13.1. The van der Waals surface area contributed by atoms with Gasteiger partial charge in [-0.3, -0.25) is 0 Å². The van der Waals surface area contributed by atoms with Crippen LogP contribution in [-0.2, 0) is 10.9 Å². The maximum absolute atomic E-state index is 13.1. The highest BCUT2D eigenvalue weighted by Crippen LogP contribution is 2.30. The number of anilines is 4. The van der Waals surface area contributed by atoms with Gasteiger partial charge in [-0.25, -0.2) is 4.98 Å². The number of nitrogens with one attached hydrogen (secondary N) is 2. The van der Waals surface area contributed by atoms with Crippen LogP contribution >= 0.6 is 0 Å². The Bertz CT molecular complexity index is 765. The van der Waals surface area contributed by atoms with Crippen molar-refractivity contribution in [2.24, 2.45) is 0 Å². The molecule has 28 heavy (non-hydrogen) atoms. The van der Waals surface area contributed by atoms with Gasteiger partial charge in [-0.05, 0) is 30.7 Å². The highest BCUT2D eigenvalue weighted by molar-refractivity contribution is 5.62. The monoisotopic (exact) mass is 397 g/mol. The lowest BCUT2D eigenvalue weighted by Crippen LogP contribution is -2.36. The molecule has 10 heteroatoms. The molecule has 0 spiro atoms. The normalized spacial score (nSPS) is 14.8. The molecule has 1 aliphatic rings. The summed E-state index contributed by atoms with van der Waals surface area (Å²) < 4.78 is 44.7. The van der Waals surface area contributed by atoms with Crippen LogP contribution in [0.15, 0.2) is 30.3 Å². The molecule has 0 saturated carbocycles. The van der Waals surface area contributed by atoms with Gasteiger partial charge < -0.3 is 25.4 Å². The fourth-order valence-electron chi connectivity index (χ4n) is 2.74. The first-order valence-corrected chi connectivity index (χ1v) is 8.96. The molecule has 7 nitrogen and oxygen atoms in total. The molecule has 2 aromatic rings. The minimum atomic E-state index is -4.59. The summed E-state index contributed by atoms with van der Waals surface area (Å²) in [5.41, 5.74) is 0.602. The fraction of sp³-hybridized carbons (Fsp3) is 0.444. The topological polar surface area (TPSA) is 82.5 Å². The van der Waals surface area contributed by atoms with Gasteiger partial charge in [0.25, 0.3) is 0 Å². The van der Waals surface area contributed by atoms with Gasteiger partial charge in [-0.2, -0.15) is 18.2 Å². The van der Waals surface area contributed by atoms with Crippen LogP contribution in [0.5, 0.6) is 0 Å². The van der Waals surface area contributed by atoms with E-state index >= 15 is 0 Å². The molecule has 1 fully saturated rings. The molecule has 1 aliphatic heterocycles. The second kappa shape index (κ2) is 9.07. The average Bonchev–Trinajstić information content (AvgIpc) is 2.69. The van der Waals surface area contributed by atoms with Gasteiger partial charge in [0, 0.05) is 43.7 Å². The molecule has 1 aromatic carbocycles. The summed E-state index contributed by atoms with van der Waals surface area (Å²) in [5.74, 6) is -0.108. The maximum Gasteiger partial charge on any atom is 0.433 e. The number of halogens is 3. The number of aliphatic hydroxyl groups excluding tert-OH is 1. The first-order chi connectivity index (χ1) is 13.5. The van der Waals surface area contributed by atoms with Crippen molar-refractivity contribution in [1.29, 1.82) is 0 Å². The van der Waals surface area contributed by atoms with Gasteiger partial charge in [-0.1, -0.05) is 0 Å². The van der Waals surface area contributed by atoms with Crippen molar-refractivity contribution in [3.8, 4) is 0 Å². The first-order valence-electron chi connectivity index (χ1n) is 8.96. The SMILES string of the molecule is OCCCNc1nc(Nc2ccc(N3CCOCC3)cc2)cc(C(F)(F)F)n1.